The monoisotopic (exact) mass is 292 g/mol. The Labute approximate surface area is 121 Å². The van der Waals surface area contributed by atoms with Crippen LogP contribution in [0.3, 0.4) is 0 Å². The third-order valence-corrected chi connectivity index (χ3v) is 3.84. The smallest absolute Gasteiger partial charge is 0.307 e. The molecular weight excluding hydrogens is 268 g/mol. The molecule has 0 aromatic heterocycles. The van der Waals surface area contributed by atoms with Crippen molar-refractivity contribution < 1.29 is 14.7 Å². The molecule has 0 bridgehead atoms. The predicted octanol–water partition coefficient (Wildman–Crippen LogP) is 1.51. The maximum atomic E-state index is 12.1. The van der Waals surface area contributed by atoms with Crippen LogP contribution in [0.5, 0.6) is 0 Å². The van der Waals surface area contributed by atoms with E-state index in [0.29, 0.717) is 19.5 Å². The average molecular weight is 293 g/mol. The molecule has 0 aliphatic carbocycles. The minimum Gasteiger partial charge on any atom is -0.481 e. The summed E-state index contributed by atoms with van der Waals surface area (Å²) in [7, 11) is 0. The number of amides is 1. The first kappa shape index (κ1) is 18.2. The van der Waals surface area contributed by atoms with Crippen LogP contribution in [0.15, 0.2) is 0 Å². The van der Waals surface area contributed by atoms with E-state index in [9.17, 15) is 9.59 Å². The highest BCUT2D eigenvalue weighted by molar-refractivity contribution is 5.85. The summed E-state index contributed by atoms with van der Waals surface area (Å²) in [6.07, 6.45) is 1.49. The van der Waals surface area contributed by atoms with Crippen molar-refractivity contribution in [3.05, 3.63) is 0 Å². The Kier molecular flexibility index (Phi) is 6.80. The Morgan fingerprint density at radius 2 is 2.05 bits per heavy atom. The molecule has 1 fully saturated rings. The van der Waals surface area contributed by atoms with Gasteiger partial charge in [0, 0.05) is 12.1 Å². The molecule has 1 aliphatic heterocycles. The van der Waals surface area contributed by atoms with Crippen LogP contribution in [0.4, 0.5) is 0 Å². The molecule has 1 heterocycles. The van der Waals surface area contributed by atoms with Gasteiger partial charge in [-0.05, 0) is 40.2 Å². The van der Waals surface area contributed by atoms with Gasteiger partial charge in [-0.3, -0.25) is 14.5 Å². The molecule has 1 amide bonds. The van der Waals surface area contributed by atoms with Gasteiger partial charge >= 0.3 is 5.97 Å². The third-order valence-electron chi connectivity index (χ3n) is 3.84. The Bertz CT molecular complexity index is 334. The maximum absolute atomic E-state index is 12.1. The lowest BCUT2D eigenvalue weighted by molar-refractivity contribution is -0.141. The molecular formula is C13H25ClN2O3. The standard InChI is InChI=1S/C13H24N2O3.ClH/c1-5-13(3,4)14-11(16)9(2)15-7-6-10(8-15)12(17)18;/h9-10H,5-8H2,1-4H3,(H,14,16)(H,17,18);1H. The lowest BCUT2D eigenvalue weighted by Crippen LogP contribution is -2.51. The van der Waals surface area contributed by atoms with Crippen LogP contribution in [-0.2, 0) is 9.59 Å². The van der Waals surface area contributed by atoms with Gasteiger partial charge in [0.1, 0.15) is 0 Å². The van der Waals surface area contributed by atoms with E-state index in [1.165, 1.54) is 0 Å². The van der Waals surface area contributed by atoms with E-state index in [1.54, 1.807) is 0 Å². The van der Waals surface area contributed by atoms with Crippen molar-refractivity contribution in [1.29, 1.82) is 0 Å². The number of carbonyl (C=O) groups is 2. The molecule has 5 nitrogen and oxygen atoms in total. The highest BCUT2D eigenvalue weighted by Crippen LogP contribution is 2.19. The largest absolute Gasteiger partial charge is 0.481 e. The summed E-state index contributed by atoms with van der Waals surface area (Å²) in [5.74, 6) is -1.12. The van der Waals surface area contributed by atoms with E-state index in [-0.39, 0.29) is 35.8 Å². The molecule has 0 spiro atoms. The number of carboxylic acids is 1. The van der Waals surface area contributed by atoms with Crippen LogP contribution < -0.4 is 5.32 Å². The van der Waals surface area contributed by atoms with Crippen LogP contribution in [0.1, 0.15) is 40.5 Å². The second-order valence-corrected chi connectivity index (χ2v) is 5.72. The third kappa shape index (κ3) is 4.99. The molecule has 0 saturated carbocycles. The molecule has 0 aromatic carbocycles. The molecule has 1 rings (SSSR count). The number of nitrogens with one attached hydrogen (secondary N) is 1. The minimum atomic E-state index is -0.765. The number of likely N-dealkylation sites (tertiary alicyclic amines) is 1. The highest BCUT2D eigenvalue weighted by atomic mass is 35.5. The molecule has 0 aromatic rings. The fourth-order valence-electron chi connectivity index (χ4n) is 2.03. The second kappa shape index (κ2) is 7.10. The molecule has 6 heteroatoms. The Hall–Kier alpha value is -0.810. The molecule has 112 valence electrons. The summed E-state index contributed by atoms with van der Waals surface area (Å²) in [5, 5.41) is 11.9. The fraction of sp³-hybridized carbons (Fsp3) is 0.846. The number of halogens is 1. The summed E-state index contributed by atoms with van der Waals surface area (Å²) in [5.41, 5.74) is -0.211. The summed E-state index contributed by atoms with van der Waals surface area (Å²) in [6, 6.07) is -0.264. The lowest BCUT2D eigenvalue weighted by atomic mass is 10.0. The van der Waals surface area contributed by atoms with Crippen molar-refractivity contribution in [3.8, 4) is 0 Å². The minimum absolute atomic E-state index is 0. The van der Waals surface area contributed by atoms with E-state index < -0.39 is 5.97 Å². The molecule has 0 radical (unpaired) electrons. The molecule has 2 unspecified atom stereocenters. The van der Waals surface area contributed by atoms with E-state index >= 15 is 0 Å². The quantitative estimate of drug-likeness (QED) is 0.806. The zero-order valence-electron chi connectivity index (χ0n) is 12.1. The molecule has 2 atom stereocenters. The van der Waals surface area contributed by atoms with Gasteiger partial charge in [0.05, 0.1) is 12.0 Å². The number of carbonyl (C=O) groups excluding carboxylic acids is 1. The Morgan fingerprint density at radius 1 is 1.47 bits per heavy atom. The van der Waals surface area contributed by atoms with Gasteiger partial charge in [-0.1, -0.05) is 6.92 Å². The number of hydrogen-bond donors (Lipinski definition) is 2. The van der Waals surface area contributed by atoms with Gasteiger partial charge < -0.3 is 10.4 Å². The number of carboxylic acid groups (broad SMARTS) is 1. The number of aliphatic carboxylic acids is 1. The first-order chi connectivity index (χ1) is 8.26. The fourth-order valence-corrected chi connectivity index (χ4v) is 2.03. The van der Waals surface area contributed by atoms with Crippen LogP contribution in [0.2, 0.25) is 0 Å². The molecule has 1 aliphatic rings. The van der Waals surface area contributed by atoms with Gasteiger partial charge in [0.2, 0.25) is 5.91 Å². The summed E-state index contributed by atoms with van der Waals surface area (Å²) >= 11 is 0. The Balaban J connectivity index is 0.00000324. The number of nitrogens with zero attached hydrogens (tertiary/aromatic N) is 1. The maximum Gasteiger partial charge on any atom is 0.307 e. The van der Waals surface area contributed by atoms with Crippen molar-refractivity contribution in [2.45, 2.75) is 52.1 Å². The molecule has 2 N–H and O–H groups in total. The van der Waals surface area contributed by atoms with Crippen LogP contribution in [0, 0.1) is 5.92 Å². The van der Waals surface area contributed by atoms with Crippen molar-refractivity contribution in [3.63, 3.8) is 0 Å². The topological polar surface area (TPSA) is 69.6 Å². The van der Waals surface area contributed by atoms with Gasteiger partial charge in [-0.25, -0.2) is 0 Å². The lowest BCUT2D eigenvalue weighted by Gasteiger charge is -2.30. The van der Waals surface area contributed by atoms with Gasteiger partial charge in [0.25, 0.3) is 0 Å². The van der Waals surface area contributed by atoms with Crippen molar-refractivity contribution >= 4 is 24.3 Å². The van der Waals surface area contributed by atoms with Crippen molar-refractivity contribution in [1.82, 2.24) is 10.2 Å². The van der Waals surface area contributed by atoms with Crippen molar-refractivity contribution in [2.75, 3.05) is 13.1 Å². The number of rotatable bonds is 5. The number of hydrogen-bond acceptors (Lipinski definition) is 3. The average Bonchev–Trinajstić information content (AvgIpc) is 2.76. The van der Waals surface area contributed by atoms with E-state index in [2.05, 4.69) is 5.32 Å². The highest BCUT2D eigenvalue weighted by Gasteiger charge is 2.34. The van der Waals surface area contributed by atoms with Gasteiger partial charge in [-0.2, -0.15) is 0 Å². The van der Waals surface area contributed by atoms with E-state index in [4.69, 9.17) is 5.11 Å². The summed E-state index contributed by atoms with van der Waals surface area (Å²) in [4.78, 5) is 24.9. The van der Waals surface area contributed by atoms with Gasteiger partial charge in [0.15, 0.2) is 0 Å². The summed E-state index contributed by atoms with van der Waals surface area (Å²) in [6.45, 7) is 8.99. The van der Waals surface area contributed by atoms with E-state index in [0.717, 1.165) is 6.42 Å². The van der Waals surface area contributed by atoms with Gasteiger partial charge in [-0.15, -0.1) is 12.4 Å². The predicted molar refractivity (Wildman–Crippen MR) is 76.5 cm³/mol. The molecule has 19 heavy (non-hydrogen) atoms. The normalized spacial score (nSPS) is 21.6. The SMILES string of the molecule is CCC(C)(C)NC(=O)C(C)N1CCC(C(=O)O)C1.Cl. The first-order valence-electron chi connectivity index (χ1n) is 6.55. The first-order valence-corrected chi connectivity index (χ1v) is 6.55. The van der Waals surface area contributed by atoms with E-state index in [1.807, 2.05) is 32.6 Å². The Morgan fingerprint density at radius 3 is 2.47 bits per heavy atom. The zero-order valence-corrected chi connectivity index (χ0v) is 12.9. The van der Waals surface area contributed by atoms with Crippen LogP contribution in [-0.4, -0.2) is 46.6 Å². The second-order valence-electron chi connectivity index (χ2n) is 5.72. The molecule has 1 saturated heterocycles. The zero-order chi connectivity index (χ0) is 13.9. The van der Waals surface area contributed by atoms with Crippen molar-refractivity contribution in [2.24, 2.45) is 5.92 Å². The summed E-state index contributed by atoms with van der Waals surface area (Å²) < 4.78 is 0. The van der Waals surface area contributed by atoms with Crippen LogP contribution >= 0.6 is 12.4 Å². The van der Waals surface area contributed by atoms with Crippen LogP contribution in [0.25, 0.3) is 0 Å².